The van der Waals surface area contributed by atoms with Crippen LogP contribution in [0, 0.1) is 34.5 Å². The number of aliphatic hydroxyl groups is 1. The van der Waals surface area contributed by atoms with E-state index in [-0.39, 0.29) is 29.5 Å². The fraction of sp³-hybridized carbons (Fsp3) is 0.870. The van der Waals surface area contributed by atoms with Crippen LogP contribution < -0.4 is 0 Å². The number of ether oxygens (including phenoxy) is 1. The van der Waals surface area contributed by atoms with Crippen molar-refractivity contribution in [2.45, 2.75) is 85.2 Å². The molecule has 3 saturated carbocycles. The molecule has 3 aliphatic carbocycles. The van der Waals surface area contributed by atoms with Gasteiger partial charge in [-0.15, -0.1) is 0 Å². The van der Waals surface area contributed by atoms with E-state index in [2.05, 4.69) is 27.4 Å². The van der Waals surface area contributed by atoms with Crippen LogP contribution in [0.1, 0.15) is 79.1 Å². The summed E-state index contributed by atoms with van der Waals surface area (Å²) in [6.45, 7) is 13.2. The lowest BCUT2D eigenvalue weighted by molar-refractivity contribution is -0.169. The van der Waals surface area contributed by atoms with Crippen molar-refractivity contribution in [1.29, 1.82) is 0 Å². The van der Waals surface area contributed by atoms with Crippen LogP contribution >= 0.6 is 0 Å². The molecule has 3 heteroatoms. The van der Waals surface area contributed by atoms with Gasteiger partial charge in [-0.25, -0.2) is 0 Å². The Morgan fingerprint density at radius 1 is 1.23 bits per heavy atom. The standard InChI is InChI=1S/C23H38O3/c1-15-8-11-23(5,21(14-15)26-17(3)25)20-9-12-22(4)16(2)6-7-19(22)18(20)10-13-24/h15,18-21,24H,2,6-14H2,1,3-5H3/t15-,18-,19-,20-,21-,22+,23+/m0/s1. The van der Waals surface area contributed by atoms with E-state index in [9.17, 15) is 9.90 Å². The van der Waals surface area contributed by atoms with Crippen LogP contribution in [-0.2, 0) is 9.53 Å². The summed E-state index contributed by atoms with van der Waals surface area (Å²) in [4.78, 5) is 11.8. The lowest BCUT2D eigenvalue weighted by Gasteiger charge is -2.56. The number of carbonyl (C=O) groups excluding carboxylic acids is 1. The lowest BCUT2D eigenvalue weighted by Crippen LogP contribution is -2.52. The van der Waals surface area contributed by atoms with E-state index >= 15 is 0 Å². The van der Waals surface area contributed by atoms with Gasteiger partial charge in [-0.05, 0) is 80.5 Å². The van der Waals surface area contributed by atoms with E-state index in [1.807, 2.05) is 0 Å². The molecule has 148 valence electrons. The van der Waals surface area contributed by atoms with Crippen molar-refractivity contribution >= 4 is 5.97 Å². The van der Waals surface area contributed by atoms with E-state index < -0.39 is 0 Å². The van der Waals surface area contributed by atoms with Gasteiger partial charge in [-0.1, -0.05) is 32.9 Å². The van der Waals surface area contributed by atoms with Crippen molar-refractivity contribution in [3.8, 4) is 0 Å². The van der Waals surface area contributed by atoms with Crippen LogP contribution in [0.4, 0.5) is 0 Å². The zero-order valence-corrected chi connectivity index (χ0v) is 17.2. The first-order chi connectivity index (χ1) is 12.2. The predicted octanol–water partition coefficient (Wildman–Crippen LogP) is 5.13. The Kier molecular flexibility index (Phi) is 5.59. The third kappa shape index (κ3) is 3.25. The zero-order valence-electron chi connectivity index (χ0n) is 17.2. The highest BCUT2D eigenvalue weighted by atomic mass is 16.5. The Morgan fingerprint density at radius 2 is 1.96 bits per heavy atom. The maximum atomic E-state index is 11.8. The summed E-state index contributed by atoms with van der Waals surface area (Å²) in [6, 6.07) is 0. The second-order valence-corrected chi connectivity index (χ2v) is 9.97. The molecule has 0 saturated heterocycles. The molecule has 0 heterocycles. The fourth-order valence-electron chi connectivity index (χ4n) is 6.84. The van der Waals surface area contributed by atoms with Gasteiger partial charge in [0.1, 0.15) is 6.10 Å². The van der Waals surface area contributed by atoms with Gasteiger partial charge in [-0.3, -0.25) is 4.79 Å². The SMILES string of the molecule is C=C1CC[C@H]2[C@H](CCO)[C@@H]([C@@]3(C)CC[C@H](C)C[C@@H]3OC(C)=O)CC[C@]12C. The zero-order chi connectivity index (χ0) is 19.1. The number of rotatable bonds is 4. The first-order valence-electron chi connectivity index (χ1n) is 10.7. The Labute approximate surface area is 159 Å². The van der Waals surface area contributed by atoms with Gasteiger partial charge >= 0.3 is 5.97 Å². The number of fused-ring (bicyclic) bond motifs is 1. The van der Waals surface area contributed by atoms with Crippen LogP contribution in [0.2, 0.25) is 0 Å². The van der Waals surface area contributed by atoms with Gasteiger partial charge in [0.05, 0.1) is 0 Å². The summed E-state index contributed by atoms with van der Waals surface area (Å²) in [6.07, 6.45) is 8.92. The second-order valence-electron chi connectivity index (χ2n) is 9.97. The molecular weight excluding hydrogens is 324 g/mol. The van der Waals surface area contributed by atoms with E-state index in [0.29, 0.717) is 23.7 Å². The van der Waals surface area contributed by atoms with Crippen LogP contribution in [0.25, 0.3) is 0 Å². The molecule has 7 atom stereocenters. The molecule has 0 aromatic rings. The number of carbonyl (C=O) groups is 1. The topological polar surface area (TPSA) is 46.5 Å². The number of hydrogen-bond donors (Lipinski definition) is 1. The van der Waals surface area contributed by atoms with Gasteiger partial charge in [0.15, 0.2) is 0 Å². The van der Waals surface area contributed by atoms with Crippen LogP contribution in [0.3, 0.4) is 0 Å². The number of aliphatic hydroxyl groups excluding tert-OH is 1. The fourth-order valence-corrected chi connectivity index (χ4v) is 6.84. The molecule has 3 aliphatic rings. The number of esters is 1. The molecule has 3 rings (SSSR count). The summed E-state index contributed by atoms with van der Waals surface area (Å²) in [5.74, 6) is 2.12. The molecule has 0 radical (unpaired) electrons. The average molecular weight is 363 g/mol. The highest BCUT2D eigenvalue weighted by Gasteiger charge is 2.57. The third-order valence-electron chi connectivity index (χ3n) is 8.54. The number of allylic oxidation sites excluding steroid dienone is 1. The molecular formula is C23H38O3. The molecule has 26 heavy (non-hydrogen) atoms. The quantitative estimate of drug-likeness (QED) is 0.557. The van der Waals surface area contributed by atoms with E-state index in [1.165, 1.54) is 31.3 Å². The highest BCUT2D eigenvalue weighted by Crippen LogP contribution is 2.63. The number of hydrogen-bond acceptors (Lipinski definition) is 3. The smallest absolute Gasteiger partial charge is 0.302 e. The molecule has 0 aliphatic heterocycles. The Balaban J connectivity index is 1.92. The highest BCUT2D eigenvalue weighted by molar-refractivity contribution is 5.66. The summed E-state index contributed by atoms with van der Waals surface area (Å²) in [7, 11) is 0. The van der Waals surface area contributed by atoms with Crippen LogP contribution in [0.5, 0.6) is 0 Å². The van der Waals surface area contributed by atoms with Crippen molar-refractivity contribution in [3.63, 3.8) is 0 Å². The maximum Gasteiger partial charge on any atom is 0.302 e. The Hall–Kier alpha value is -0.830. The Bertz CT molecular complexity index is 556. The summed E-state index contributed by atoms with van der Waals surface area (Å²) >= 11 is 0. The van der Waals surface area contributed by atoms with Crippen molar-refractivity contribution in [2.24, 2.45) is 34.5 Å². The molecule has 0 spiro atoms. The molecule has 0 bridgehead atoms. The minimum atomic E-state index is -0.149. The van der Waals surface area contributed by atoms with Gasteiger partial charge < -0.3 is 9.84 Å². The second kappa shape index (κ2) is 7.30. The third-order valence-corrected chi connectivity index (χ3v) is 8.54. The van der Waals surface area contributed by atoms with E-state index in [1.54, 1.807) is 6.92 Å². The molecule has 0 aromatic heterocycles. The van der Waals surface area contributed by atoms with Crippen LogP contribution in [-0.4, -0.2) is 23.8 Å². The normalized spacial score (nSPS) is 46.0. The summed E-state index contributed by atoms with van der Waals surface area (Å²) in [5, 5.41) is 9.83. The maximum absolute atomic E-state index is 11.8. The molecule has 0 amide bonds. The first-order valence-corrected chi connectivity index (χ1v) is 10.7. The summed E-state index contributed by atoms with van der Waals surface area (Å²) < 4.78 is 5.90. The van der Waals surface area contributed by atoms with Crippen molar-refractivity contribution in [1.82, 2.24) is 0 Å². The predicted molar refractivity (Wildman–Crippen MR) is 105 cm³/mol. The van der Waals surface area contributed by atoms with Crippen molar-refractivity contribution in [3.05, 3.63) is 12.2 Å². The molecule has 0 unspecified atom stereocenters. The van der Waals surface area contributed by atoms with Gasteiger partial charge in [0.2, 0.25) is 0 Å². The molecule has 0 aromatic carbocycles. The minimum Gasteiger partial charge on any atom is -0.462 e. The minimum absolute atomic E-state index is 0.0175. The van der Waals surface area contributed by atoms with E-state index in [0.717, 1.165) is 25.7 Å². The average Bonchev–Trinajstić information content (AvgIpc) is 2.87. The molecule has 3 nitrogen and oxygen atoms in total. The summed E-state index contributed by atoms with van der Waals surface area (Å²) in [5.41, 5.74) is 1.69. The van der Waals surface area contributed by atoms with Gasteiger partial charge in [0.25, 0.3) is 0 Å². The molecule has 1 N–H and O–H groups in total. The van der Waals surface area contributed by atoms with Gasteiger partial charge in [-0.2, -0.15) is 0 Å². The van der Waals surface area contributed by atoms with Crippen LogP contribution in [0.15, 0.2) is 12.2 Å². The van der Waals surface area contributed by atoms with Crippen molar-refractivity contribution in [2.75, 3.05) is 6.61 Å². The van der Waals surface area contributed by atoms with Crippen molar-refractivity contribution < 1.29 is 14.6 Å². The lowest BCUT2D eigenvalue weighted by atomic mass is 9.50. The monoisotopic (exact) mass is 362 g/mol. The van der Waals surface area contributed by atoms with E-state index in [4.69, 9.17) is 4.74 Å². The largest absolute Gasteiger partial charge is 0.462 e. The molecule has 3 fully saturated rings. The first kappa shape index (κ1) is 19.9. The van der Waals surface area contributed by atoms with Gasteiger partial charge in [0, 0.05) is 18.9 Å². The Morgan fingerprint density at radius 3 is 2.62 bits per heavy atom.